The van der Waals surface area contributed by atoms with Crippen molar-refractivity contribution in [3.63, 3.8) is 0 Å². The average molecular weight is 300 g/mol. The quantitative estimate of drug-likeness (QED) is 0.791. The third-order valence-electron chi connectivity index (χ3n) is 3.55. The number of fused-ring (bicyclic) bond motifs is 3. The normalized spacial score (nSPS) is 17.8. The third kappa shape index (κ3) is 2.20. The molecule has 1 unspecified atom stereocenters. The molecule has 4 nitrogen and oxygen atoms in total. The van der Waals surface area contributed by atoms with Crippen LogP contribution in [0.4, 0.5) is 0 Å². The number of halogens is 2. The van der Waals surface area contributed by atoms with Gasteiger partial charge in [0.15, 0.2) is 0 Å². The number of nitrogens with one attached hydrogen (secondary N) is 1. The minimum Gasteiger partial charge on any atom is -0.464 e. The van der Waals surface area contributed by atoms with Crippen LogP contribution >= 0.6 is 24.8 Å². The molecule has 4 rings (SSSR count). The molecule has 0 radical (unpaired) electrons. The maximum Gasteiger partial charge on any atom is 0.136 e. The fraction of sp³-hybridized carbons (Fsp3) is 0.308. The summed E-state index contributed by atoms with van der Waals surface area (Å²) >= 11 is 0. The van der Waals surface area contributed by atoms with Crippen LogP contribution in [0.15, 0.2) is 35.1 Å². The minimum absolute atomic E-state index is 0. The van der Waals surface area contributed by atoms with E-state index in [9.17, 15) is 0 Å². The molecule has 1 aromatic carbocycles. The summed E-state index contributed by atoms with van der Waals surface area (Å²) in [6, 6.07) is 6.66. The number of furan rings is 1. The Morgan fingerprint density at radius 1 is 1.32 bits per heavy atom. The van der Waals surface area contributed by atoms with Gasteiger partial charge in [-0.05, 0) is 31.2 Å². The van der Waals surface area contributed by atoms with Gasteiger partial charge in [0, 0.05) is 16.8 Å². The minimum atomic E-state index is 0. The summed E-state index contributed by atoms with van der Waals surface area (Å²) in [6.07, 6.45) is 4.91. The predicted octanol–water partition coefficient (Wildman–Crippen LogP) is 2.99. The zero-order valence-corrected chi connectivity index (χ0v) is 11.8. The van der Waals surface area contributed by atoms with Crippen molar-refractivity contribution < 1.29 is 4.42 Å². The molecule has 1 N–H and O–H groups in total. The molecule has 19 heavy (non-hydrogen) atoms. The van der Waals surface area contributed by atoms with Crippen molar-refractivity contribution >= 4 is 46.7 Å². The topological polar surface area (TPSA) is 43.0 Å². The molecule has 1 aliphatic rings. The summed E-state index contributed by atoms with van der Waals surface area (Å²) in [5.41, 5.74) is 2.12. The Bertz CT molecular complexity index is 687. The van der Waals surface area contributed by atoms with Crippen LogP contribution in [0, 0.1) is 0 Å². The van der Waals surface area contributed by atoms with Gasteiger partial charge < -0.3 is 9.73 Å². The first-order valence-electron chi connectivity index (χ1n) is 5.97. The first-order valence-corrected chi connectivity index (χ1v) is 5.97. The molecule has 0 amide bonds. The number of hydrogen-bond acceptors (Lipinski definition) is 3. The van der Waals surface area contributed by atoms with Crippen molar-refractivity contribution in [2.45, 2.75) is 19.0 Å². The first-order chi connectivity index (χ1) is 8.42. The highest BCUT2D eigenvalue weighted by molar-refractivity contribution is 6.03. The molecule has 1 fully saturated rings. The largest absolute Gasteiger partial charge is 0.464 e. The van der Waals surface area contributed by atoms with Gasteiger partial charge in [0.05, 0.1) is 24.5 Å². The highest BCUT2D eigenvalue weighted by Crippen LogP contribution is 2.26. The van der Waals surface area contributed by atoms with Crippen LogP contribution in [0.2, 0.25) is 0 Å². The van der Waals surface area contributed by atoms with E-state index in [1.165, 1.54) is 17.3 Å². The SMILES string of the molecule is Cl.Cl.c1cc2c(ccc3cnn(CC4CCN4)c32)o1. The lowest BCUT2D eigenvalue weighted by Gasteiger charge is -2.27. The number of hydrogen-bond donors (Lipinski definition) is 1. The fourth-order valence-corrected chi connectivity index (χ4v) is 2.48. The third-order valence-corrected chi connectivity index (χ3v) is 3.55. The molecular formula is C13H15Cl2N3O. The lowest BCUT2D eigenvalue weighted by atomic mass is 10.1. The molecule has 0 aliphatic carbocycles. The lowest BCUT2D eigenvalue weighted by Crippen LogP contribution is -2.45. The van der Waals surface area contributed by atoms with Gasteiger partial charge in [-0.3, -0.25) is 4.68 Å². The smallest absolute Gasteiger partial charge is 0.136 e. The van der Waals surface area contributed by atoms with E-state index in [4.69, 9.17) is 4.42 Å². The highest BCUT2D eigenvalue weighted by atomic mass is 35.5. The zero-order chi connectivity index (χ0) is 11.2. The van der Waals surface area contributed by atoms with E-state index >= 15 is 0 Å². The second kappa shape index (κ2) is 5.41. The highest BCUT2D eigenvalue weighted by Gasteiger charge is 2.18. The Morgan fingerprint density at radius 2 is 2.16 bits per heavy atom. The molecule has 1 saturated heterocycles. The molecular weight excluding hydrogens is 285 g/mol. The number of rotatable bonds is 2. The second-order valence-electron chi connectivity index (χ2n) is 4.60. The van der Waals surface area contributed by atoms with Crippen molar-refractivity contribution in [2.75, 3.05) is 6.54 Å². The van der Waals surface area contributed by atoms with Crippen LogP contribution < -0.4 is 5.32 Å². The zero-order valence-electron chi connectivity index (χ0n) is 10.2. The van der Waals surface area contributed by atoms with Gasteiger partial charge in [-0.25, -0.2) is 0 Å². The molecule has 6 heteroatoms. The Morgan fingerprint density at radius 3 is 2.89 bits per heavy atom. The van der Waals surface area contributed by atoms with Crippen molar-refractivity contribution in [3.05, 3.63) is 30.7 Å². The standard InChI is InChI=1S/C13H13N3O.2ClH/c1-2-12-11(4-6-17-12)13-9(1)7-15-16(13)8-10-3-5-14-10;;/h1-2,4,6-7,10,14H,3,5,8H2;2*1H. The number of aromatic nitrogens is 2. The van der Waals surface area contributed by atoms with Crippen molar-refractivity contribution in [2.24, 2.45) is 0 Å². The Labute approximate surface area is 123 Å². The Balaban J connectivity index is 0.000000667. The van der Waals surface area contributed by atoms with Crippen LogP contribution in [0.1, 0.15) is 6.42 Å². The van der Waals surface area contributed by atoms with Crippen molar-refractivity contribution in [1.29, 1.82) is 0 Å². The predicted molar refractivity (Wildman–Crippen MR) is 80.4 cm³/mol. The molecule has 1 aliphatic heterocycles. The molecule has 2 aromatic heterocycles. The summed E-state index contributed by atoms with van der Waals surface area (Å²) < 4.78 is 7.53. The average Bonchev–Trinajstić information content (AvgIpc) is 2.89. The number of nitrogens with zero attached hydrogens (tertiary/aromatic N) is 2. The van der Waals surface area contributed by atoms with Gasteiger partial charge in [-0.15, -0.1) is 24.8 Å². The van der Waals surface area contributed by atoms with Gasteiger partial charge in [0.2, 0.25) is 0 Å². The Kier molecular flexibility index (Phi) is 4.04. The monoisotopic (exact) mass is 299 g/mol. The van der Waals surface area contributed by atoms with Crippen molar-refractivity contribution in [3.8, 4) is 0 Å². The van der Waals surface area contributed by atoms with E-state index in [1.54, 1.807) is 6.26 Å². The fourth-order valence-electron chi connectivity index (χ4n) is 2.48. The second-order valence-corrected chi connectivity index (χ2v) is 4.60. The lowest BCUT2D eigenvalue weighted by molar-refractivity contribution is 0.323. The molecule has 102 valence electrons. The van der Waals surface area contributed by atoms with Crippen LogP contribution in [-0.4, -0.2) is 22.4 Å². The maximum absolute atomic E-state index is 5.44. The summed E-state index contributed by atoms with van der Waals surface area (Å²) in [5, 5.41) is 10.2. The van der Waals surface area contributed by atoms with E-state index in [1.807, 2.05) is 18.3 Å². The van der Waals surface area contributed by atoms with Crippen LogP contribution in [0.25, 0.3) is 21.9 Å². The van der Waals surface area contributed by atoms with Gasteiger partial charge in [0.25, 0.3) is 0 Å². The summed E-state index contributed by atoms with van der Waals surface area (Å²) in [4.78, 5) is 0. The molecule has 3 heterocycles. The van der Waals surface area contributed by atoms with E-state index < -0.39 is 0 Å². The summed E-state index contributed by atoms with van der Waals surface area (Å²) in [7, 11) is 0. The molecule has 1 atom stereocenters. The van der Waals surface area contributed by atoms with Gasteiger partial charge in [0.1, 0.15) is 5.58 Å². The Hall–Kier alpha value is -1.23. The van der Waals surface area contributed by atoms with E-state index in [0.29, 0.717) is 6.04 Å². The molecule has 0 bridgehead atoms. The van der Waals surface area contributed by atoms with Crippen LogP contribution in [-0.2, 0) is 6.54 Å². The van der Waals surface area contributed by atoms with Crippen molar-refractivity contribution in [1.82, 2.24) is 15.1 Å². The summed E-state index contributed by atoms with van der Waals surface area (Å²) in [5.74, 6) is 0. The van der Waals surface area contributed by atoms with Gasteiger partial charge >= 0.3 is 0 Å². The van der Waals surface area contributed by atoms with Gasteiger partial charge in [-0.1, -0.05) is 0 Å². The van der Waals surface area contributed by atoms with E-state index in [-0.39, 0.29) is 24.8 Å². The number of benzene rings is 1. The van der Waals surface area contributed by atoms with E-state index in [2.05, 4.69) is 21.2 Å². The van der Waals surface area contributed by atoms with Crippen LogP contribution in [0.3, 0.4) is 0 Å². The first kappa shape index (κ1) is 14.2. The van der Waals surface area contributed by atoms with Gasteiger partial charge in [-0.2, -0.15) is 5.10 Å². The maximum atomic E-state index is 5.44. The molecule has 0 saturated carbocycles. The molecule has 0 spiro atoms. The summed E-state index contributed by atoms with van der Waals surface area (Å²) in [6.45, 7) is 2.07. The van der Waals surface area contributed by atoms with Crippen LogP contribution in [0.5, 0.6) is 0 Å². The van der Waals surface area contributed by atoms with E-state index in [0.717, 1.165) is 24.1 Å². The molecule has 3 aromatic rings.